The number of hydrogen-bond donors (Lipinski definition) is 2. The van der Waals surface area contributed by atoms with Crippen molar-refractivity contribution in [2.24, 2.45) is 0 Å². The van der Waals surface area contributed by atoms with Crippen LogP contribution < -0.4 is 10.2 Å². The summed E-state index contributed by atoms with van der Waals surface area (Å²) in [6, 6.07) is 1.73. The summed E-state index contributed by atoms with van der Waals surface area (Å²) >= 11 is 0. The zero-order chi connectivity index (χ0) is 16.8. The van der Waals surface area contributed by atoms with Gasteiger partial charge in [-0.25, -0.2) is 9.97 Å². The van der Waals surface area contributed by atoms with Gasteiger partial charge in [-0.1, -0.05) is 0 Å². The molecule has 1 saturated heterocycles. The molecule has 126 valence electrons. The molecule has 0 spiro atoms. The number of aliphatic hydroxyl groups is 1. The summed E-state index contributed by atoms with van der Waals surface area (Å²) in [5.74, 6) is -0.0605. The van der Waals surface area contributed by atoms with Crippen molar-refractivity contribution in [2.45, 2.75) is 31.9 Å². The van der Waals surface area contributed by atoms with Gasteiger partial charge in [0.25, 0.3) is 5.91 Å². The highest BCUT2D eigenvalue weighted by atomic mass is 16.3. The number of carbonyl (C=O) groups is 2. The quantitative estimate of drug-likeness (QED) is 0.761. The molecule has 1 aromatic rings. The number of anilines is 1. The first-order valence-corrected chi connectivity index (χ1v) is 7.70. The van der Waals surface area contributed by atoms with Crippen molar-refractivity contribution in [3.05, 3.63) is 18.0 Å². The van der Waals surface area contributed by atoms with Crippen LogP contribution in [0.15, 0.2) is 12.3 Å². The molecule has 0 radical (unpaired) electrons. The van der Waals surface area contributed by atoms with Crippen LogP contribution in [0, 0.1) is 0 Å². The first-order valence-electron chi connectivity index (χ1n) is 7.70. The lowest BCUT2D eigenvalue weighted by Gasteiger charge is -2.21. The summed E-state index contributed by atoms with van der Waals surface area (Å²) in [6.07, 6.45) is 2.70. The molecule has 8 nitrogen and oxygen atoms in total. The standard InChI is InChI=1S/C15H23N5O3/c1-19(2)15-16-7-6-11(18-15)9-17-13(22)10-20-8-4-3-5-12(21)14(20)23/h6-7,12,21H,3-5,8-10H2,1-2H3,(H,17,22). The van der Waals surface area contributed by atoms with E-state index < -0.39 is 6.10 Å². The second-order valence-corrected chi connectivity index (χ2v) is 5.79. The highest BCUT2D eigenvalue weighted by molar-refractivity contribution is 5.87. The third kappa shape index (κ3) is 4.88. The van der Waals surface area contributed by atoms with Crippen molar-refractivity contribution >= 4 is 17.8 Å². The molecule has 1 atom stereocenters. The number of aliphatic hydroxyl groups excluding tert-OH is 1. The van der Waals surface area contributed by atoms with Gasteiger partial charge in [-0.15, -0.1) is 0 Å². The Morgan fingerprint density at radius 3 is 3.00 bits per heavy atom. The minimum Gasteiger partial charge on any atom is -0.383 e. The number of nitrogens with zero attached hydrogens (tertiary/aromatic N) is 4. The van der Waals surface area contributed by atoms with Gasteiger partial charge in [-0.05, 0) is 25.3 Å². The predicted molar refractivity (Wildman–Crippen MR) is 84.6 cm³/mol. The maximum absolute atomic E-state index is 12.0. The largest absolute Gasteiger partial charge is 0.383 e. The molecular weight excluding hydrogens is 298 g/mol. The van der Waals surface area contributed by atoms with Gasteiger partial charge >= 0.3 is 0 Å². The van der Waals surface area contributed by atoms with Crippen LogP contribution in [0.5, 0.6) is 0 Å². The van der Waals surface area contributed by atoms with Gasteiger partial charge in [0.15, 0.2) is 0 Å². The third-order valence-electron chi connectivity index (χ3n) is 3.65. The van der Waals surface area contributed by atoms with Gasteiger partial charge in [0.1, 0.15) is 6.10 Å². The van der Waals surface area contributed by atoms with E-state index in [2.05, 4.69) is 15.3 Å². The van der Waals surface area contributed by atoms with Crippen LogP contribution in [0.2, 0.25) is 0 Å². The smallest absolute Gasteiger partial charge is 0.251 e. The minimum atomic E-state index is -0.991. The highest BCUT2D eigenvalue weighted by Gasteiger charge is 2.26. The van der Waals surface area contributed by atoms with Crippen LogP contribution in [0.3, 0.4) is 0 Å². The van der Waals surface area contributed by atoms with E-state index in [0.717, 1.165) is 12.8 Å². The van der Waals surface area contributed by atoms with Crippen LogP contribution in [0.1, 0.15) is 25.0 Å². The first-order chi connectivity index (χ1) is 11.0. The Morgan fingerprint density at radius 1 is 1.48 bits per heavy atom. The lowest BCUT2D eigenvalue weighted by atomic mass is 10.2. The van der Waals surface area contributed by atoms with E-state index in [-0.39, 0.29) is 24.9 Å². The number of amides is 2. The number of likely N-dealkylation sites (tertiary alicyclic amines) is 1. The zero-order valence-corrected chi connectivity index (χ0v) is 13.5. The third-order valence-corrected chi connectivity index (χ3v) is 3.65. The maximum Gasteiger partial charge on any atom is 0.251 e. The molecule has 1 aliphatic heterocycles. The molecular formula is C15H23N5O3. The van der Waals surface area contributed by atoms with E-state index in [1.165, 1.54) is 4.90 Å². The molecule has 2 amide bonds. The summed E-state index contributed by atoms with van der Waals surface area (Å²) in [5, 5.41) is 12.4. The van der Waals surface area contributed by atoms with Crippen LogP contribution in [-0.4, -0.2) is 65.1 Å². The summed E-state index contributed by atoms with van der Waals surface area (Å²) in [7, 11) is 3.68. The molecule has 2 N–H and O–H groups in total. The fraction of sp³-hybridized carbons (Fsp3) is 0.600. The number of hydrogen-bond acceptors (Lipinski definition) is 6. The van der Waals surface area contributed by atoms with Gasteiger partial charge in [-0.2, -0.15) is 0 Å². The van der Waals surface area contributed by atoms with E-state index in [4.69, 9.17) is 0 Å². The molecule has 0 aromatic carbocycles. The average Bonchev–Trinajstić information content (AvgIpc) is 2.69. The van der Waals surface area contributed by atoms with Crippen LogP contribution in [0.25, 0.3) is 0 Å². The number of aromatic nitrogens is 2. The number of rotatable bonds is 5. The topological polar surface area (TPSA) is 98.7 Å². The Kier molecular flexibility index (Phi) is 5.86. The van der Waals surface area contributed by atoms with Gasteiger partial charge in [0.2, 0.25) is 11.9 Å². The van der Waals surface area contributed by atoms with E-state index in [1.807, 2.05) is 14.1 Å². The SMILES string of the molecule is CN(C)c1nccc(CNC(=O)CN2CCCCC(O)C2=O)n1. The molecule has 2 heterocycles. The molecule has 1 unspecified atom stereocenters. The fourth-order valence-electron chi connectivity index (χ4n) is 2.36. The Hall–Kier alpha value is -2.22. The van der Waals surface area contributed by atoms with Crippen molar-refractivity contribution in [2.75, 3.05) is 32.1 Å². The highest BCUT2D eigenvalue weighted by Crippen LogP contribution is 2.11. The van der Waals surface area contributed by atoms with E-state index in [9.17, 15) is 14.7 Å². The monoisotopic (exact) mass is 321 g/mol. The maximum atomic E-state index is 12.0. The average molecular weight is 321 g/mol. The molecule has 1 aromatic heterocycles. The van der Waals surface area contributed by atoms with Gasteiger partial charge in [-0.3, -0.25) is 9.59 Å². The molecule has 23 heavy (non-hydrogen) atoms. The van der Waals surface area contributed by atoms with Crippen molar-refractivity contribution in [1.82, 2.24) is 20.2 Å². The lowest BCUT2D eigenvalue weighted by Crippen LogP contribution is -2.44. The molecule has 2 rings (SSSR count). The van der Waals surface area contributed by atoms with Crippen molar-refractivity contribution in [3.63, 3.8) is 0 Å². The summed E-state index contributed by atoms with van der Waals surface area (Å²) in [4.78, 5) is 35.6. The van der Waals surface area contributed by atoms with Gasteiger partial charge in [0.05, 0.1) is 18.8 Å². The second-order valence-electron chi connectivity index (χ2n) is 5.79. The molecule has 0 aliphatic carbocycles. The first kappa shape index (κ1) is 17.1. The molecule has 0 saturated carbocycles. The van der Waals surface area contributed by atoms with Gasteiger partial charge < -0.3 is 20.2 Å². The van der Waals surface area contributed by atoms with E-state index in [1.54, 1.807) is 17.2 Å². The fourth-order valence-corrected chi connectivity index (χ4v) is 2.36. The minimum absolute atomic E-state index is 0.0402. The number of carbonyl (C=O) groups excluding carboxylic acids is 2. The van der Waals surface area contributed by atoms with Crippen LogP contribution in [-0.2, 0) is 16.1 Å². The van der Waals surface area contributed by atoms with Crippen LogP contribution in [0.4, 0.5) is 5.95 Å². The summed E-state index contributed by atoms with van der Waals surface area (Å²) < 4.78 is 0. The molecule has 0 bridgehead atoms. The lowest BCUT2D eigenvalue weighted by molar-refractivity contribution is -0.142. The predicted octanol–water partition coefficient (Wildman–Crippen LogP) is -0.468. The summed E-state index contributed by atoms with van der Waals surface area (Å²) in [6.45, 7) is 0.732. The second kappa shape index (κ2) is 7.87. The van der Waals surface area contributed by atoms with Gasteiger partial charge in [0, 0.05) is 26.8 Å². The zero-order valence-electron chi connectivity index (χ0n) is 13.5. The Bertz CT molecular complexity index is 564. The van der Waals surface area contributed by atoms with Crippen LogP contribution >= 0.6 is 0 Å². The Labute approximate surface area is 135 Å². The summed E-state index contributed by atoms with van der Waals surface area (Å²) in [5.41, 5.74) is 0.694. The van der Waals surface area contributed by atoms with E-state index in [0.29, 0.717) is 24.6 Å². The van der Waals surface area contributed by atoms with Crippen molar-refractivity contribution in [1.29, 1.82) is 0 Å². The molecule has 8 heteroatoms. The van der Waals surface area contributed by atoms with Crippen molar-refractivity contribution in [3.8, 4) is 0 Å². The van der Waals surface area contributed by atoms with E-state index >= 15 is 0 Å². The molecule has 1 aliphatic rings. The molecule has 1 fully saturated rings. The van der Waals surface area contributed by atoms with Crippen molar-refractivity contribution < 1.29 is 14.7 Å². The Balaban J connectivity index is 1.87. The number of nitrogens with one attached hydrogen (secondary N) is 1. The Morgan fingerprint density at radius 2 is 2.26 bits per heavy atom. The normalized spacial score (nSPS) is 18.5.